The quantitative estimate of drug-likeness (QED) is 0.296. The molecule has 2 rings (SSSR count). The summed E-state index contributed by atoms with van der Waals surface area (Å²) in [5, 5.41) is 15.4. The molecule has 0 aliphatic carbocycles. The lowest BCUT2D eigenvalue weighted by Crippen LogP contribution is -2.42. The summed E-state index contributed by atoms with van der Waals surface area (Å²) >= 11 is 0. The number of nitrogen functional groups attached to an aromatic ring is 1. The largest absolute Gasteiger partial charge is 0.444 e. The number of hydrogen-bond acceptors (Lipinski definition) is 7. The van der Waals surface area contributed by atoms with Gasteiger partial charge in [-0.15, -0.1) is 0 Å². The second kappa shape index (κ2) is 9.12. The molecule has 0 fully saturated rings. The Morgan fingerprint density at radius 1 is 1.18 bits per heavy atom. The van der Waals surface area contributed by atoms with Gasteiger partial charge in [0.2, 0.25) is 6.10 Å². The van der Waals surface area contributed by atoms with Gasteiger partial charge in [0.25, 0.3) is 11.6 Å². The number of non-ortho nitro benzene ring substituents is 1. The molecule has 4 N–H and O–H groups in total. The first-order valence-corrected chi connectivity index (χ1v) is 8.22. The highest BCUT2D eigenvalue weighted by molar-refractivity contribution is 6.00. The van der Waals surface area contributed by atoms with Crippen LogP contribution in [0.4, 0.5) is 16.2 Å². The lowest BCUT2D eigenvalue weighted by molar-refractivity contribution is -0.384. The number of nitrogens with zero attached hydrogens (tertiary/aromatic N) is 1. The Balaban J connectivity index is 2.31. The second-order valence-electron chi connectivity index (χ2n) is 5.57. The number of benzene rings is 2. The predicted octanol–water partition coefficient (Wildman–Crippen LogP) is 1.92. The fraction of sp³-hybridized carbons (Fsp3) is 0.167. The number of esters is 1. The summed E-state index contributed by atoms with van der Waals surface area (Å²) in [6, 6.07) is 10.6. The van der Waals surface area contributed by atoms with Crippen molar-refractivity contribution in [1.29, 1.82) is 0 Å². The molecular weight excluding hydrogens is 368 g/mol. The first-order valence-electron chi connectivity index (χ1n) is 8.22. The molecule has 0 heterocycles. The Kier molecular flexibility index (Phi) is 6.63. The first kappa shape index (κ1) is 20.4. The molecule has 10 heteroatoms. The minimum Gasteiger partial charge on any atom is -0.444 e. The Hall–Kier alpha value is -3.95. The molecule has 0 radical (unpaired) electrons. The van der Waals surface area contributed by atoms with Crippen molar-refractivity contribution in [1.82, 2.24) is 10.6 Å². The summed E-state index contributed by atoms with van der Waals surface area (Å²) in [5.41, 5.74) is 5.35. The maximum absolute atomic E-state index is 12.5. The number of anilines is 1. The van der Waals surface area contributed by atoms with Crippen LogP contribution in [0.25, 0.3) is 0 Å². The van der Waals surface area contributed by atoms with E-state index in [0.29, 0.717) is 12.1 Å². The third-order valence-corrected chi connectivity index (χ3v) is 3.61. The topological polar surface area (TPSA) is 154 Å². The van der Waals surface area contributed by atoms with Crippen molar-refractivity contribution in [2.24, 2.45) is 0 Å². The highest BCUT2D eigenvalue weighted by Gasteiger charge is 2.28. The minimum absolute atomic E-state index is 0.0495. The van der Waals surface area contributed by atoms with Gasteiger partial charge in [-0.1, -0.05) is 30.3 Å². The Morgan fingerprint density at radius 3 is 2.46 bits per heavy atom. The zero-order valence-electron chi connectivity index (χ0n) is 14.9. The predicted molar refractivity (Wildman–Crippen MR) is 99.3 cm³/mol. The molecule has 10 nitrogen and oxygen atoms in total. The van der Waals surface area contributed by atoms with Gasteiger partial charge in [-0.25, -0.2) is 9.59 Å². The van der Waals surface area contributed by atoms with Crippen molar-refractivity contribution in [3.63, 3.8) is 0 Å². The SMILES string of the molecule is CCNC(=O)NC(=O)C(OC(=O)c1cc([N+](=O)[O-])ccc1N)c1ccccc1. The molecule has 0 bridgehead atoms. The van der Waals surface area contributed by atoms with Crippen LogP contribution in [-0.4, -0.2) is 29.4 Å². The van der Waals surface area contributed by atoms with Gasteiger partial charge in [0.05, 0.1) is 10.5 Å². The fourth-order valence-electron chi connectivity index (χ4n) is 2.29. The van der Waals surface area contributed by atoms with E-state index in [9.17, 15) is 24.5 Å². The van der Waals surface area contributed by atoms with Crippen molar-refractivity contribution >= 4 is 29.3 Å². The van der Waals surface area contributed by atoms with Crippen LogP contribution in [0.1, 0.15) is 28.9 Å². The molecule has 3 amide bonds. The van der Waals surface area contributed by atoms with Crippen LogP contribution in [0.3, 0.4) is 0 Å². The van der Waals surface area contributed by atoms with Crippen LogP contribution < -0.4 is 16.4 Å². The van der Waals surface area contributed by atoms with Gasteiger partial charge >= 0.3 is 12.0 Å². The Morgan fingerprint density at radius 2 is 1.86 bits per heavy atom. The number of nitro groups is 1. The van der Waals surface area contributed by atoms with Crippen molar-refractivity contribution in [3.8, 4) is 0 Å². The van der Waals surface area contributed by atoms with Crippen LogP contribution in [-0.2, 0) is 9.53 Å². The number of rotatable bonds is 6. The van der Waals surface area contributed by atoms with Gasteiger partial charge < -0.3 is 15.8 Å². The summed E-state index contributed by atoms with van der Waals surface area (Å²) in [6.45, 7) is 1.96. The average molecular weight is 386 g/mol. The summed E-state index contributed by atoms with van der Waals surface area (Å²) < 4.78 is 5.25. The van der Waals surface area contributed by atoms with E-state index < -0.39 is 28.9 Å². The van der Waals surface area contributed by atoms with E-state index in [0.717, 1.165) is 12.1 Å². The molecule has 0 aliphatic rings. The number of ether oxygens (including phenoxy) is 1. The van der Waals surface area contributed by atoms with Crippen molar-refractivity contribution in [3.05, 3.63) is 69.8 Å². The number of imide groups is 1. The van der Waals surface area contributed by atoms with E-state index in [2.05, 4.69) is 10.6 Å². The van der Waals surface area contributed by atoms with Crippen molar-refractivity contribution < 1.29 is 24.0 Å². The summed E-state index contributed by atoms with van der Waals surface area (Å²) in [4.78, 5) is 46.9. The molecule has 1 unspecified atom stereocenters. The highest BCUT2D eigenvalue weighted by atomic mass is 16.6. The van der Waals surface area contributed by atoms with E-state index in [-0.39, 0.29) is 16.9 Å². The van der Waals surface area contributed by atoms with E-state index in [1.807, 2.05) is 0 Å². The standard InChI is InChI=1S/C18H18N4O6/c1-2-20-18(25)21-16(23)15(11-6-4-3-5-7-11)28-17(24)13-10-12(22(26)27)8-9-14(13)19/h3-10,15H,2,19H2,1H3,(H2,20,21,23,25). The summed E-state index contributed by atoms with van der Waals surface area (Å²) in [7, 11) is 0. The van der Waals surface area contributed by atoms with Gasteiger partial charge in [0.15, 0.2) is 0 Å². The maximum Gasteiger partial charge on any atom is 0.341 e. The van der Waals surface area contributed by atoms with Gasteiger partial charge in [0.1, 0.15) is 0 Å². The van der Waals surface area contributed by atoms with Crippen molar-refractivity contribution in [2.45, 2.75) is 13.0 Å². The molecule has 0 saturated carbocycles. The zero-order valence-corrected chi connectivity index (χ0v) is 14.9. The summed E-state index contributed by atoms with van der Waals surface area (Å²) in [5.74, 6) is -1.92. The molecule has 0 aromatic heterocycles. The summed E-state index contributed by atoms with van der Waals surface area (Å²) in [6.07, 6.45) is -1.46. The second-order valence-corrected chi connectivity index (χ2v) is 5.57. The monoisotopic (exact) mass is 386 g/mol. The molecule has 1 atom stereocenters. The number of nitrogens with one attached hydrogen (secondary N) is 2. The third-order valence-electron chi connectivity index (χ3n) is 3.61. The van der Waals surface area contributed by atoms with Crippen LogP contribution in [0.15, 0.2) is 48.5 Å². The van der Waals surface area contributed by atoms with E-state index in [1.54, 1.807) is 25.1 Å². The zero-order chi connectivity index (χ0) is 20.7. The van der Waals surface area contributed by atoms with Gasteiger partial charge in [-0.05, 0) is 13.0 Å². The van der Waals surface area contributed by atoms with Gasteiger partial charge in [0, 0.05) is 29.9 Å². The van der Waals surface area contributed by atoms with Crippen molar-refractivity contribution in [2.75, 3.05) is 12.3 Å². The molecule has 2 aromatic carbocycles. The average Bonchev–Trinajstić information content (AvgIpc) is 2.66. The smallest absolute Gasteiger partial charge is 0.341 e. The number of carbonyl (C=O) groups is 3. The lowest BCUT2D eigenvalue weighted by Gasteiger charge is -2.18. The van der Waals surface area contributed by atoms with Crippen LogP contribution in [0, 0.1) is 10.1 Å². The Labute approximate surface area is 159 Å². The number of nitrogens with two attached hydrogens (primary N) is 1. The molecule has 2 aromatic rings. The molecule has 0 aliphatic heterocycles. The first-order chi connectivity index (χ1) is 13.3. The minimum atomic E-state index is -1.46. The number of urea groups is 1. The van der Waals surface area contributed by atoms with Crippen LogP contribution >= 0.6 is 0 Å². The lowest BCUT2D eigenvalue weighted by atomic mass is 10.1. The molecule has 0 spiro atoms. The van der Waals surface area contributed by atoms with Gasteiger partial charge in [-0.2, -0.15) is 0 Å². The maximum atomic E-state index is 12.5. The van der Waals surface area contributed by atoms with Crippen LogP contribution in [0.5, 0.6) is 0 Å². The van der Waals surface area contributed by atoms with Crippen LogP contribution in [0.2, 0.25) is 0 Å². The van der Waals surface area contributed by atoms with Gasteiger partial charge in [-0.3, -0.25) is 20.2 Å². The molecular formula is C18H18N4O6. The van der Waals surface area contributed by atoms with E-state index >= 15 is 0 Å². The fourth-order valence-corrected chi connectivity index (χ4v) is 2.29. The number of carbonyl (C=O) groups excluding carboxylic acids is 3. The normalized spacial score (nSPS) is 11.2. The van der Waals surface area contributed by atoms with E-state index in [1.165, 1.54) is 18.2 Å². The molecule has 28 heavy (non-hydrogen) atoms. The molecule has 146 valence electrons. The number of nitro benzene ring substituents is 1. The van der Waals surface area contributed by atoms with E-state index in [4.69, 9.17) is 10.5 Å². The highest BCUT2D eigenvalue weighted by Crippen LogP contribution is 2.24. The number of amides is 3. The Bertz CT molecular complexity index is 900. The third kappa shape index (κ3) is 5.04. The number of hydrogen-bond donors (Lipinski definition) is 3. The molecule has 0 saturated heterocycles.